The van der Waals surface area contributed by atoms with Crippen LogP contribution in [0.4, 0.5) is 5.69 Å². The number of aliphatic imine (C=N–C) groups is 1. The van der Waals surface area contributed by atoms with Crippen LogP contribution in [-0.2, 0) is 9.59 Å². The topological polar surface area (TPSA) is 70.6 Å². The third-order valence-electron chi connectivity index (χ3n) is 3.58. The summed E-state index contributed by atoms with van der Waals surface area (Å²) in [4.78, 5) is 28.5. The third-order valence-corrected chi connectivity index (χ3v) is 4.70. The Bertz CT molecular complexity index is 628. The monoisotopic (exact) mass is 333 g/mol. The van der Waals surface area contributed by atoms with Gasteiger partial charge in [0.1, 0.15) is 5.25 Å². The Hall–Kier alpha value is -1.82. The molecule has 6 heteroatoms. The molecule has 23 heavy (non-hydrogen) atoms. The van der Waals surface area contributed by atoms with Crippen molar-refractivity contribution in [2.24, 2.45) is 4.99 Å². The van der Waals surface area contributed by atoms with E-state index >= 15 is 0 Å². The first kappa shape index (κ1) is 17.5. The number of hydrogen-bond donors (Lipinski definition) is 2. The van der Waals surface area contributed by atoms with Crippen LogP contribution >= 0.6 is 11.8 Å². The van der Waals surface area contributed by atoms with Crippen molar-refractivity contribution in [1.82, 2.24) is 5.32 Å². The lowest BCUT2D eigenvalue weighted by molar-refractivity contribution is -0.122. The molecule has 1 heterocycles. The Labute approximate surface area is 141 Å². The molecule has 2 rings (SSSR count). The van der Waals surface area contributed by atoms with Crippen LogP contribution in [0.2, 0.25) is 0 Å². The van der Waals surface area contributed by atoms with E-state index < -0.39 is 5.25 Å². The Morgan fingerprint density at radius 3 is 2.91 bits per heavy atom. The number of unbranched alkanes of at least 4 members (excludes halogenated alkanes) is 1. The van der Waals surface area contributed by atoms with E-state index in [9.17, 15) is 9.59 Å². The van der Waals surface area contributed by atoms with Gasteiger partial charge >= 0.3 is 0 Å². The van der Waals surface area contributed by atoms with Gasteiger partial charge in [-0.2, -0.15) is 0 Å². The average molecular weight is 333 g/mol. The summed E-state index contributed by atoms with van der Waals surface area (Å²) in [5.74, 6) is -0.289. The zero-order valence-corrected chi connectivity index (χ0v) is 14.6. The third kappa shape index (κ3) is 5.10. The van der Waals surface area contributed by atoms with Crippen molar-refractivity contribution in [2.75, 3.05) is 11.9 Å². The first-order valence-corrected chi connectivity index (χ1v) is 8.76. The number of nitrogens with zero attached hydrogens (tertiary/aromatic N) is 1. The second-order valence-corrected chi connectivity index (χ2v) is 6.90. The van der Waals surface area contributed by atoms with Crippen molar-refractivity contribution >= 4 is 34.4 Å². The van der Waals surface area contributed by atoms with E-state index in [2.05, 4.69) is 22.5 Å². The van der Waals surface area contributed by atoms with Gasteiger partial charge in [0, 0.05) is 18.7 Å². The highest BCUT2D eigenvalue weighted by Gasteiger charge is 2.31. The number of thioether (sulfide) groups is 1. The average Bonchev–Trinajstić information content (AvgIpc) is 2.83. The number of nitrogens with one attached hydrogen (secondary N) is 2. The molecule has 1 atom stereocenters. The first-order chi connectivity index (χ1) is 11.0. The Morgan fingerprint density at radius 2 is 2.17 bits per heavy atom. The van der Waals surface area contributed by atoms with Crippen LogP contribution < -0.4 is 10.6 Å². The lowest BCUT2D eigenvalue weighted by atomic mass is 10.1. The molecule has 0 aromatic heterocycles. The quantitative estimate of drug-likeness (QED) is 0.786. The van der Waals surface area contributed by atoms with Crippen LogP contribution in [0.15, 0.2) is 23.2 Å². The van der Waals surface area contributed by atoms with Gasteiger partial charge < -0.3 is 10.6 Å². The molecule has 1 aromatic rings. The number of amides is 2. The maximum Gasteiger partial charge on any atom is 0.240 e. The van der Waals surface area contributed by atoms with Gasteiger partial charge in [-0.1, -0.05) is 37.2 Å². The molecule has 2 N–H and O–H groups in total. The highest BCUT2D eigenvalue weighted by Crippen LogP contribution is 2.24. The van der Waals surface area contributed by atoms with E-state index in [0.29, 0.717) is 11.7 Å². The minimum atomic E-state index is -0.402. The van der Waals surface area contributed by atoms with Gasteiger partial charge in [-0.05, 0) is 37.5 Å². The van der Waals surface area contributed by atoms with Crippen molar-refractivity contribution in [3.8, 4) is 0 Å². The molecule has 0 unspecified atom stereocenters. The number of anilines is 1. The van der Waals surface area contributed by atoms with Crippen molar-refractivity contribution in [3.63, 3.8) is 0 Å². The van der Waals surface area contributed by atoms with E-state index in [4.69, 9.17) is 0 Å². The van der Waals surface area contributed by atoms with Gasteiger partial charge in [0.25, 0.3) is 0 Å². The number of aryl methyl sites for hydroxylation is 2. The Morgan fingerprint density at radius 1 is 1.39 bits per heavy atom. The van der Waals surface area contributed by atoms with E-state index in [1.54, 1.807) is 0 Å². The molecule has 0 bridgehead atoms. The second-order valence-electron chi connectivity index (χ2n) is 5.71. The molecule has 1 saturated heterocycles. The molecule has 124 valence electrons. The van der Waals surface area contributed by atoms with E-state index in [1.807, 2.05) is 32.0 Å². The molecule has 0 saturated carbocycles. The smallest absolute Gasteiger partial charge is 0.240 e. The summed E-state index contributed by atoms with van der Waals surface area (Å²) in [7, 11) is 0. The minimum absolute atomic E-state index is 0.138. The molecule has 1 aliphatic heterocycles. The predicted molar refractivity (Wildman–Crippen MR) is 95.9 cm³/mol. The number of rotatable bonds is 6. The van der Waals surface area contributed by atoms with Crippen LogP contribution in [0.25, 0.3) is 0 Å². The molecule has 5 nitrogen and oxygen atoms in total. The van der Waals surface area contributed by atoms with E-state index in [-0.39, 0.29) is 18.2 Å². The van der Waals surface area contributed by atoms with E-state index in [1.165, 1.54) is 11.8 Å². The first-order valence-electron chi connectivity index (χ1n) is 7.88. The lowest BCUT2D eigenvalue weighted by Gasteiger charge is -2.10. The molecular weight excluding hydrogens is 310 g/mol. The van der Waals surface area contributed by atoms with Crippen molar-refractivity contribution < 1.29 is 9.59 Å². The van der Waals surface area contributed by atoms with E-state index in [0.717, 1.165) is 29.7 Å². The number of hydrogen-bond acceptors (Lipinski definition) is 4. The van der Waals surface area contributed by atoms with Crippen LogP contribution in [0.3, 0.4) is 0 Å². The summed E-state index contributed by atoms with van der Waals surface area (Å²) in [6, 6.07) is 5.91. The van der Waals surface area contributed by atoms with Crippen molar-refractivity contribution in [3.05, 3.63) is 29.3 Å². The highest BCUT2D eigenvalue weighted by atomic mass is 32.2. The largest absolute Gasteiger partial charge is 0.326 e. The maximum absolute atomic E-state index is 12.2. The number of carbonyl (C=O) groups is 2. The van der Waals surface area contributed by atoms with Gasteiger partial charge in [-0.15, -0.1) is 0 Å². The van der Waals surface area contributed by atoms with Gasteiger partial charge in [0.05, 0.1) is 0 Å². The van der Waals surface area contributed by atoms with Crippen molar-refractivity contribution in [1.29, 1.82) is 0 Å². The van der Waals surface area contributed by atoms with Crippen LogP contribution in [-0.4, -0.2) is 28.8 Å². The normalized spacial score (nSPS) is 19.0. The molecule has 1 aromatic carbocycles. The Kier molecular flexibility index (Phi) is 6.21. The lowest BCUT2D eigenvalue weighted by Crippen LogP contribution is -2.28. The summed E-state index contributed by atoms with van der Waals surface area (Å²) < 4.78 is 0. The second kappa shape index (κ2) is 8.15. The Balaban J connectivity index is 1.91. The fourth-order valence-corrected chi connectivity index (χ4v) is 3.19. The molecule has 2 amide bonds. The van der Waals surface area contributed by atoms with Gasteiger partial charge in [0.2, 0.25) is 11.8 Å². The number of benzene rings is 1. The molecule has 0 aliphatic carbocycles. The SMILES string of the molecule is CCCCN=C1NC(=O)[C@H](CC(=O)Nc2cc(C)ccc2C)S1. The van der Waals surface area contributed by atoms with Gasteiger partial charge in [-0.25, -0.2) is 0 Å². The molecular formula is C17H23N3O2S. The molecule has 0 radical (unpaired) electrons. The fourth-order valence-electron chi connectivity index (χ4n) is 2.19. The summed E-state index contributed by atoms with van der Waals surface area (Å²) in [6.07, 6.45) is 2.21. The zero-order chi connectivity index (χ0) is 16.8. The zero-order valence-electron chi connectivity index (χ0n) is 13.8. The van der Waals surface area contributed by atoms with Gasteiger partial charge in [-0.3, -0.25) is 14.6 Å². The minimum Gasteiger partial charge on any atom is -0.326 e. The summed E-state index contributed by atoms with van der Waals surface area (Å²) in [5.41, 5.74) is 2.90. The van der Waals surface area contributed by atoms with Gasteiger partial charge in [0.15, 0.2) is 5.17 Å². The van der Waals surface area contributed by atoms with Crippen LogP contribution in [0.5, 0.6) is 0 Å². The summed E-state index contributed by atoms with van der Waals surface area (Å²) in [5, 5.41) is 5.87. The molecule has 1 fully saturated rings. The van der Waals surface area contributed by atoms with Crippen molar-refractivity contribution in [2.45, 2.75) is 45.3 Å². The predicted octanol–water partition coefficient (Wildman–Crippen LogP) is 3.02. The highest BCUT2D eigenvalue weighted by molar-refractivity contribution is 8.15. The fraction of sp³-hybridized carbons (Fsp3) is 0.471. The molecule has 0 spiro atoms. The standard InChI is InChI=1S/C17H23N3O2S/c1-4-5-8-18-17-20-16(22)14(23-17)10-15(21)19-13-9-11(2)6-7-12(13)3/h6-7,9,14H,4-5,8,10H2,1-3H3,(H,19,21)(H,18,20,22)/t14-/m0/s1. The summed E-state index contributed by atoms with van der Waals surface area (Å²) in [6.45, 7) is 6.74. The van der Waals surface area contributed by atoms with Crippen LogP contribution in [0, 0.1) is 13.8 Å². The molecule has 1 aliphatic rings. The number of amidine groups is 1. The number of carbonyl (C=O) groups excluding carboxylic acids is 2. The van der Waals surface area contributed by atoms with Crippen LogP contribution in [0.1, 0.15) is 37.3 Å². The maximum atomic E-state index is 12.2. The summed E-state index contributed by atoms with van der Waals surface area (Å²) >= 11 is 1.34.